The number of unbranched alkanes of at least 4 members (excludes halogenated alkanes) is 1. The summed E-state index contributed by atoms with van der Waals surface area (Å²) in [5, 5.41) is 0. The van der Waals surface area contributed by atoms with Crippen LogP contribution in [0.15, 0.2) is 0 Å². The third-order valence-corrected chi connectivity index (χ3v) is 1.98. The van der Waals surface area contributed by atoms with Gasteiger partial charge < -0.3 is 9.53 Å². The zero-order chi connectivity index (χ0) is 11.0. The molecule has 0 aromatic carbocycles. The van der Waals surface area contributed by atoms with Gasteiger partial charge in [0.1, 0.15) is 5.78 Å². The number of ketones is 1. The fourth-order valence-corrected chi connectivity index (χ4v) is 1.11. The third-order valence-electron chi connectivity index (χ3n) is 1.98. The molecule has 0 aliphatic carbocycles. The van der Waals surface area contributed by atoms with Gasteiger partial charge in [0.15, 0.2) is 0 Å². The second-order valence-electron chi connectivity index (χ2n) is 3.64. The van der Waals surface area contributed by atoms with Crippen LogP contribution in [0.5, 0.6) is 0 Å². The molecule has 14 heavy (non-hydrogen) atoms. The van der Waals surface area contributed by atoms with Crippen LogP contribution in [0.25, 0.3) is 0 Å². The van der Waals surface area contributed by atoms with Gasteiger partial charge in [0.25, 0.3) is 0 Å². The zero-order valence-corrected chi connectivity index (χ0v) is 9.34. The smallest absolute Gasteiger partial charge is 0.306 e. The maximum absolute atomic E-state index is 11.1. The summed E-state index contributed by atoms with van der Waals surface area (Å²) in [5.74, 6) is -0.230. The van der Waals surface area contributed by atoms with Crippen molar-refractivity contribution in [2.24, 2.45) is 0 Å². The first-order valence-corrected chi connectivity index (χ1v) is 5.25. The fourth-order valence-electron chi connectivity index (χ4n) is 1.11. The van der Waals surface area contributed by atoms with Gasteiger partial charge in [-0.15, -0.1) is 0 Å². The number of esters is 1. The Morgan fingerprint density at radius 1 is 1.29 bits per heavy atom. The summed E-state index contributed by atoms with van der Waals surface area (Å²) < 4.78 is 5.11. The Labute approximate surface area is 85.8 Å². The molecule has 0 radical (unpaired) electrons. The monoisotopic (exact) mass is 200 g/mol. The van der Waals surface area contributed by atoms with E-state index in [1.54, 1.807) is 0 Å². The summed E-state index contributed by atoms with van der Waals surface area (Å²) in [4.78, 5) is 21.7. The van der Waals surface area contributed by atoms with E-state index in [1.165, 1.54) is 6.92 Å². The highest BCUT2D eigenvalue weighted by atomic mass is 16.5. The minimum absolute atomic E-state index is 0.0191. The lowest BCUT2D eigenvalue weighted by molar-refractivity contribution is -0.149. The molecule has 3 nitrogen and oxygen atoms in total. The molecule has 0 saturated heterocycles. The Morgan fingerprint density at radius 3 is 2.43 bits per heavy atom. The molecule has 0 aromatic heterocycles. The lowest BCUT2D eigenvalue weighted by Gasteiger charge is -2.11. The average molecular weight is 200 g/mol. The van der Waals surface area contributed by atoms with Crippen LogP contribution in [0.1, 0.15) is 52.9 Å². The number of rotatable bonds is 7. The van der Waals surface area contributed by atoms with Crippen LogP contribution in [-0.4, -0.2) is 17.9 Å². The molecule has 0 saturated carbocycles. The van der Waals surface area contributed by atoms with Crippen molar-refractivity contribution in [1.29, 1.82) is 0 Å². The van der Waals surface area contributed by atoms with E-state index >= 15 is 0 Å². The number of carbonyl (C=O) groups excluding carboxylic acids is 2. The van der Waals surface area contributed by atoms with Crippen LogP contribution < -0.4 is 0 Å². The second-order valence-corrected chi connectivity index (χ2v) is 3.64. The molecular formula is C11H20O3. The predicted molar refractivity (Wildman–Crippen MR) is 55.0 cm³/mol. The standard InChI is InChI=1S/C11H20O3/c1-4-5-6-10(3)14-11(13)8-7-9(2)12/h10H,4-8H2,1-3H3. The van der Waals surface area contributed by atoms with Crippen molar-refractivity contribution >= 4 is 11.8 Å². The number of Topliss-reactive ketones (excluding diaryl/α,β-unsaturated/α-hetero) is 1. The van der Waals surface area contributed by atoms with Gasteiger partial charge in [0.05, 0.1) is 12.5 Å². The summed E-state index contributed by atoms with van der Waals surface area (Å²) in [6.07, 6.45) is 3.57. The summed E-state index contributed by atoms with van der Waals surface area (Å²) in [6, 6.07) is 0. The normalized spacial score (nSPS) is 12.2. The van der Waals surface area contributed by atoms with E-state index in [4.69, 9.17) is 4.74 Å². The van der Waals surface area contributed by atoms with Crippen molar-refractivity contribution in [1.82, 2.24) is 0 Å². The van der Waals surface area contributed by atoms with Crippen LogP contribution in [0.2, 0.25) is 0 Å². The molecule has 0 aromatic rings. The minimum Gasteiger partial charge on any atom is -0.463 e. The largest absolute Gasteiger partial charge is 0.463 e. The molecule has 0 heterocycles. The molecule has 0 bridgehead atoms. The second kappa shape index (κ2) is 7.54. The Hall–Kier alpha value is -0.860. The van der Waals surface area contributed by atoms with Crippen LogP contribution in [-0.2, 0) is 14.3 Å². The highest BCUT2D eigenvalue weighted by Crippen LogP contribution is 2.06. The van der Waals surface area contributed by atoms with Crippen molar-refractivity contribution in [3.8, 4) is 0 Å². The average Bonchev–Trinajstić information content (AvgIpc) is 2.11. The highest BCUT2D eigenvalue weighted by molar-refractivity contribution is 5.80. The Bertz CT molecular complexity index is 187. The van der Waals surface area contributed by atoms with E-state index < -0.39 is 0 Å². The van der Waals surface area contributed by atoms with E-state index in [0.717, 1.165) is 19.3 Å². The Morgan fingerprint density at radius 2 is 1.93 bits per heavy atom. The number of ether oxygens (including phenoxy) is 1. The van der Waals surface area contributed by atoms with Crippen molar-refractivity contribution < 1.29 is 14.3 Å². The lowest BCUT2D eigenvalue weighted by atomic mass is 10.2. The quantitative estimate of drug-likeness (QED) is 0.593. The highest BCUT2D eigenvalue weighted by Gasteiger charge is 2.09. The summed E-state index contributed by atoms with van der Waals surface area (Å²) >= 11 is 0. The first-order valence-electron chi connectivity index (χ1n) is 5.25. The number of hydrogen-bond acceptors (Lipinski definition) is 3. The van der Waals surface area contributed by atoms with Crippen LogP contribution in [0.3, 0.4) is 0 Å². The zero-order valence-electron chi connectivity index (χ0n) is 9.34. The third kappa shape index (κ3) is 7.77. The summed E-state index contributed by atoms with van der Waals surface area (Å²) in [6.45, 7) is 5.47. The summed E-state index contributed by atoms with van der Waals surface area (Å²) in [7, 11) is 0. The maximum atomic E-state index is 11.1. The first kappa shape index (κ1) is 13.1. The van der Waals surface area contributed by atoms with Crippen LogP contribution in [0.4, 0.5) is 0 Å². The topological polar surface area (TPSA) is 43.4 Å². The Kier molecular flexibility index (Phi) is 7.07. The molecule has 0 aliphatic heterocycles. The van der Waals surface area contributed by atoms with Gasteiger partial charge in [0.2, 0.25) is 0 Å². The van der Waals surface area contributed by atoms with Crippen molar-refractivity contribution in [2.45, 2.75) is 59.0 Å². The van der Waals surface area contributed by atoms with Gasteiger partial charge in [-0.25, -0.2) is 0 Å². The van der Waals surface area contributed by atoms with Gasteiger partial charge in [-0.1, -0.05) is 19.8 Å². The number of carbonyl (C=O) groups is 2. The molecular weight excluding hydrogens is 180 g/mol. The maximum Gasteiger partial charge on any atom is 0.306 e. The lowest BCUT2D eigenvalue weighted by Crippen LogP contribution is -2.15. The molecule has 0 rings (SSSR count). The molecule has 0 spiro atoms. The number of hydrogen-bond donors (Lipinski definition) is 0. The van der Waals surface area contributed by atoms with Gasteiger partial charge >= 0.3 is 5.97 Å². The molecule has 0 N–H and O–H groups in total. The SMILES string of the molecule is CCCCC(C)OC(=O)CCC(C)=O. The van der Waals surface area contributed by atoms with Gasteiger partial charge in [0, 0.05) is 6.42 Å². The molecule has 1 atom stereocenters. The van der Waals surface area contributed by atoms with Crippen molar-refractivity contribution in [3.05, 3.63) is 0 Å². The first-order chi connectivity index (χ1) is 6.56. The fraction of sp³-hybridized carbons (Fsp3) is 0.818. The van der Waals surface area contributed by atoms with E-state index in [2.05, 4.69) is 6.92 Å². The summed E-state index contributed by atoms with van der Waals surface area (Å²) in [5.41, 5.74) is 0. The van der Waals surface area contributed by atoms with E-state index in [9.17, 15) is 9.59 Å². The molecule has 82 valence electrons. The molecule has 1 unspecified atom stereocenters. The van der Waals surface area contributed by atoms with Crippen LogP contribution >= 0.6 is 0 Å². The Balaban J connectivity index is 3.55. The van der Waals surface area contributed by atoms with Gasteiger partial charge in [-0.05, 0) is 20.3 Å². The van der Waals surface area contributed by atoms with E-state index in [1.807, 2.05) is 6.92 Å². The van der Waals surface area contributed by atoms with E-state index in [-0.39, 0.29) is 24.3 Å². The van der Waals surface area contributed by atoms with Crippen molar-refractivity contribution in [2.75, 3.05) is 0 Å². The molecule has 0 aliphatic rings. The van der Waals surface area contributed by atoms with Gasteiger partial charge in [-0.2, -0.15) is 0 Å². The predicted octanol–water partition coefficient (Wildman–Crippen LogP) is 2.48. The minimum atomic E-state index is -0.260. The van der Waals surface area contributed by atoms with Crippen LogP contribution in [0, 0.1) is 0 Å². The van der Waals surface area contributed by atoms with Crippen molar-refractivity contribution in [3.63, 3.8) is 0 Å². The molecule has 3 heteroatoms. The van der Waals surface area contributed by atoms with E-state index in [0.29, 0.717) is 6.42 Å². The van der Waals surface area contributed by atoms with Gasteiger partial charge in [-0.3, -0.25) is 4.79 Å². The molecule has 0 amide bonds. The molecule has 0 fully saturated rings.